The van der Waals surface area contributed by atoms with Crippen LogP contribution in [0.3, 0.4) is 0 Å². The Morgan fingerprint density at radius 3 is 2.67 bits per heavy atom. The van der Waals surface area contributed by atoms with Crippen molar-refractivity contribution in [2.75, 3.05) is 18.0 Å². The molecule has 6 heteroatoms. The molecule has 1 N–H and O–H groups in total. The molecule has 0 bridgehead atoms. The van der Waals surface area contributed by atoms with Gasteiger partial charge >= 0.3 is 6.18 Å². The molecule has 2 rings (SSSR count). The van der Waals surface area contributed by atoms with Crippen LogP contribution in [0.1, 0.15) is 32.3 Å². The smallest absolute Gasteiger partial charge is 0.366 e. The molecule has 1 saturated heterocycles. The Hall–Kier alpha value is -0.750. The van der Waals surface area contributed by atoms with Crippen LogP contribution in [0.15, 0.2) is 22.7 Å². The summed E-state index contributed by atoms with van der Waals surface area (Å²) < 4.78 is 39.3. The van der Waals surface area contributed by atoms with Gasteiger partial charge in [0.15, 0.2) is 0 Å². The monoisotopic (exact) mass is 364 g/mol. The molecular formula is C15H20BrF3N2. The summed E-state index contributed by atoms with van der Waals surface area (Å²) in [4.78, 5) is 2.07. The van der Waals surface area contributed by atoms with Crippen LogP contribution in [0.5, 0.6) is 0 Å². The van der Waals surface area contributed by atoms with Crippen LogP contribution >= 0.6 is 15.9 Å². The quantitative estimate of drug-likeness (QED) is 0.852. The Morgan fingerprint density at radius 1 is 1.33 bits per heavy atom. The fraction of sp³-hybridized carbons (Fsp3) is 0.600. The van der Waals surface area contributed by atoms with Crippen LogP contribution in [-0.2, 0) is 6.18 Å². The van der Waals surface area contributed by atoms with E-state index in [1.807, 2.05) is 6.92 Å². The third kappa shape index (κ3) is 4.13. The summed E-state index contributed by atoms with van der Waals surface area (Å²) in [5.74, 6) is 0. The molecule has 1 aromatic carbocycles. The molecular weight excluding hydrogens is 345 g/mol. The third-order valence-electron chi connectivity index (χ3n) is 3.83. The molecule has 118 valence electrons. The molecule has 0 saturated carbocycles. The molecule has 1 aromatic rings. The van der Waals surface area contributed by atoms with Gasteiger partial charge in [0.05, 0.1) is 5.56 Å². The van der Waals surface area contributed by atoms with E-state index >= 15 is 0 Å². The van der Waals surface area contributed by atoms with Crippen LogP contribution in [0.4, 0.5) is 18.9 Å². The van der Waals surface area contributed by atoms with Crippen molar-refractivity contribution in [2.24, 2.45) is 0 Å². The lowest BCUT2D eigenvalue weighted by molar-refractivity contribution is -0.137. The van der Waals surface area contributed by atoms with Crippen LogP contribution in [-0.4, -0.2) is 25.2 Å². The van der Waals surface area contributed by atoms with Crippen molar-refractivity contribution in [1.82, 2.24) is 5.32 Å². The molecule has 21 heavy (non-hydrogen) atoms. The highest BCUT2D eigenvalue weighted by molar-refractivity contribution is 9.10. The van der Waals surface area contributed by atoms with Gasteiger partial charge in [0.2, 0.25) is 0 Å². The minimum absolute atomic E-state index is 0.175. The Bertz CT molecular complexity index is 490. The van der Waals surface area contributed by atoms with E-state index in [1.54, 1.807) is 6.07 Å². The number of hydrogen-bond donors (Lipinski definition) is 1. The van der Waals surface area contributed by atoms with Gasteiger partial charge in [0.25, 0.3) is 0 Å². The summed E-state index contributed by atoms with van der Waals surface area (Å²) >= 11 is 3.20. The van der Waals surface area contributed by atoms with Crippen molar-refractivity contribution in [2.45, 2.75) is 44.9 Å². The van der Waals surface area contributed by atoms with Crippen molar-refractivity contribution in [1.29, 1.82) is 0 Å². The molecule has 2 unspecified atom stereocenters. The Morgan fingerprint density at radius 2 is 2.05 bits per heavy atom. The van der Waals surface area contributed by atoms with E-state index in [9.17, 15) is 13.2 Å². The SMILES string of the molecule is CCCC1CN(c2cc(Br)cc(C(F)(F)F)c2)C(C)CN1. The van der Waals surface area contributed by atoms with E-state index in [2.05, 4.69) is 33.1 Å². The second-order valence-electron chi connectivity index (χ2n) is 5.59. The summed E-state index contributed by atoms with van der Waals surface area (Å²) in [6, 6.07) is 4.64. The van der Waals surface area contributed by atoms with Crippen molar-refractivity contribution >= 4 is 21.6 Å². The van der Waals surface area contributed by atoms with Crippen LogP contribution in [0.2, 0.25) is 0 Å². The van der Waals surface area contributed by atoms with Gasteiger partial charge in [-0.25, -0.2) is 0 Å². The number of nitrogens with one attached hydrogen (secondary N) is 1. The van der Waals surface area contributed by atoms with Crippen LogP contribution in [0.25, 0.3) is 0 Å². The van der Waals surface area contributed by atoms with Crippen molar-refractivity contribution < 1.29 is 13.2 Å². The lowest BCUT2D eigenvalue weighted by Gasteiger charge is -2.40. The number of rotatable bonds is 3. The minimum atomic E-state index is -4.32. The topological polar surface area (TPSA) is 15.3 Å². The zero-order valence-corrected chi connectivity index (χ0v) is 13.8. The molecule has 0 spiro atoms. The summed E-state index contributed by atoms with van der Waals surface area (Å²) in [6.45, 7) is 5.68. The lowest BCUT2D eigenvalue weighted by Crippen LogP contribution is -2.55. The Balaban J connectivity index is 2.29. The second kappa shape index (κ2) is 6.57. The van der Waals surface area contributed by atoms with Crippen molar-refractivity contribution in [3.8, 4) is 0 Å². The molecule has 1 fully saturated rings. The first-order valence-electron chi connectivity index (χ1n) is 7.19. The third-order valence-corrected chi connectivity index (χ3v) is 4.29. The van der Waals surface area contributed by atoms with Gasteiger partial charge in [-0.15, -0.1) is 0 Å². The molecule has 0 aromatic heterocycles. The number of alkyl halides is 3. The molecule has 0 aliphatic carbocycles. The standard InChI is InChI=1S/C15H20BrF3N2/c1-3-4-13-9-21(10(2)8-20-13)14-6-11(15(17,18)19)5-12(16)7-14/h5-7,10,13,20H,3-4,8-9H2,1-2H3. The minimum Gasteiger partial charge on any atom is -0.366 e. The summed E-state index contributed by atoms with van der Waals surface area (Å²) in [7, 11) is 0. The Kier molecular flexibility index (Phi) is 5.20. The number of piperazine rings is 1. The number of hydrogen-bond acceptors (Lipinski definition) is 2. The first-order valence-corrected chi connectivity index (χ1v) is 7.98. The van der Waals surface area contributed by atoms with Gasteiger partial charge in [-0.3, -0.25) is 0 Å². The normalized spacial score (nSPS) is 23.4. The maximum Gasteiger partial charge on any atom is 0.416 e. The molecule has 1 aliphatic heterocycles. The summed E-state index contributed by atoms with van der Waals surface area (Å²) in [5.41, 5.74) is 0.0245. The molecule has 2 atom stereocenters. The Labute approximate surface area is 131 Å². The van der Waals surface area contributed by atoms with Gasteiger partial charge in [-0.05, 0) is 31.5 Å². The average molecular weight is 365 g/mol. The molecule has 0 radical (unpaired) electrons. The van der Waals surface area contributed by atoms with E-state index in [-0.39, 0.29) is 6.04 Å². The summed E-state index contributed by atoms with van der Waals surface area (Å²) in [6.07, 6.45) is -2.23. The fourth-order valence-electron chi connectivity index (χ4n) is 2.73. The molecule has 1 heterocycles. The van der Waals surface area contributed by atoms with Gasteiger partial charge in [0, 0.05) is 35.3 Å². The van der Waals surface area contributed by atoms with E-state index in [0.29, 0.717) is 16.2 Å². The maximum atomic E-state index is 13.0. The second-order valence-corrected chi connectivity index (χ2v) is 6.51. The highest BCUT2D eigenvalue weighted by atomic mass is 79.9. The zero-order chi connectivity index (χ0) is 15.6. The van der Waals surface area contributed by atoms with E-state index in [1.165, 1.54) is 6.07 Å². The largest absolute Gasteiger partial charge is 0.416 e. The molecule has 0 amide bonds. The van der Waals surface area contributed by atoms with Crippen LogP contribution in [0, 0.1) is 0 Å². The van der Waals surface area contributed by atoms with Gasteiger partial charge in [-0.1, -0.05) is 29.3 Å². The maximum absolute atomic E-state index is 13.0. The highest BCUT2D eigenvalue weighted by Gasteiger charge is 2.32. The van der Waals surface area contributed by atoms with Gasteiger partial charge < -0.3 is 10.2 Å². The predicted octanol–water partition coefficient (Wildman–Crippen LogP) is 4.43. The van der Waals surface area contributed by atoms with Crippen molar-refractivity contribution in [3.05, 3.63) is 28.2 Å². The van der Waals surface area contributed by atoms with E-state index in [4.69, 9.17) is 0 Å². The zero-order valence-electron chi connectivity index (χ0n) is 12.2. The lowest BCUT2D eigenvalue weighted by atomic mass is 10.0. The van der Waals surface area contributed by atoms with Gasteiger partial charge in [0.1, 0.15) is 0 Å². The first kappa shape index (κ1) is 16.6. The first-order chi connectivity index (χ1) is 9.81. The molecule has 2 nitrogen and oxygen atoms in total. The van der Waals surface area contributed by atoms with Crippen molar-refractivity contribution in [3.63, 3.8) is 0 Å². The fourth-order valence-corrected chi connectivity index (χ4v) is 3.22. The average Bonchev–Trinajstić information content (AvgIpc) is 2.39. The van der Waals surface area contributed by atoms with E-state index in [0.717, 1.165) is 32.0 Å². The number of anilines is 1. The number of benzene rings is 1. The number of nitrogens with zero attached hydrogens (tertiary/aromatic N) is 1. The van der Waals surface area contributed by atoms with Gasteiger partial charge in [-0.2, -0.15) is 13.2 Å². The van der Waals surface area contributed by atoms with Crippen LogP contribution < -0.4 is 10.2 Å². The summed E-state index contributed by atoms with van der Waals surface area (Å²) in [5, 5.41) is 3.45. The highest BCUT2D eigenvalue weighted by Crippen LogP contribution is 2.35. The van der Waals surface area contributed by atoms with E-state index < -0.39 is 11.7 Å². The predicted molar refractivity (Wildman–Crippen MR) is 82.7 cm³/mol. The number of halogens is 4. The molecule has 1 aliphatic rings.